The molecule has 1 aliphatic carbocycles. The van der Waals surface area contributed by atoms with Gasteiger partial charge in [-0.25, -0.2) is 13.1 Å². The van der Waals surface area contributed by atoms with Crippen molar-refractivity contribution >= 4 is 27.5 Å². The van der Waals surface area contributed by atoms with Crippen LogP contribution in [0, 0.1) is 6.92 Å². The number of carbonyl (C=O) groups is 1. The summed E-state index contributed by atoms with van der Waals surface area (Å²) in [5.74, 6) is -0.109. The summed E-state index contributed by atoms with van der Waals surface area (Å²) >= 11 is 6.04. The summed E-state index contributed by atoms with van der Waals surface area (Å²) < 4.78 is 27.8. The van der Waals surface area contributed by atoms with Gasteiger partial charge in [0.1, 0.15) is 0 Å². The van der Waals surface area contributed by atoms with Crippen LogP contribution >= 0.6 is 11.6 Å². The van der Waals surface area contributed by atoms with Crippen LogP contribution < -0.4 is 10.0 Å². The lowest BCUT2D eigenvalue weighted by Gasteiger charge is -2.22. The number of sulfonamides is 1. The van der Waals surface area contributed by atoms with E-state index in [0.29, 0.717) is 16.1 Å². The number of carbonyl (C=O) groups excluding carboxylic acids is 1. The number of hydrogen-bond acceptors (Lipinski definition) is 3. The van der Waals surface area contributed by atoms with Gasteiger partial charge in [-0.15, -0.1) is 0 Å². The zero-order chi connectivity index (χ0) is 20.1. The predicted octanol–water partition coefficient (Wildman–Crippen LogP) is 4.19. The van der Waals surface area contributed by atoms with E-state index in [4.69, 9.17) is 11.6 Å². The first kappa shape index (κ1) is 20.8. The van der Waals surface area contributed by atoms with Gasteiger partial charge in [0, 0.05) is 23.2 Å². The van der Waals surface area contributed by atoms with Crippen LogP contribution in [0.4, 0.5) is 0 Å². The number of benzene rings is 2. The molecule has 3 rings (SSSR count). The molecule has 0 bridgehead atoms. The topological polar surface area (TPSA) is 75.3 Å². The third kappa shape index (κ3) is 5.13. The van der Waals surface area contributed by atoms with E-state index in [0.717, 1.165) is 31.2 Å². The van der Waals surface area contributed by atoms with Crippen molar-refractivity contribution in [2.45, 2.75) is 56.5 Å². The van der Waals surface area contributed by atoms with Gasteiger partial charge >= 0.3 is 0 Å². The summed E-state index contributed by atoms with van der Waals surface area (Å²) in [4.78, 5) is 12.7. The van der Waals surface area contributed by atoms with Gasteiger partial charge in [0.05, 0.1) is 4.90 Å². The Balaban J connectivity index is 1.67. The van der Waals surface area contributed by atoms with Crippen LogP contribution in [-0.4, -0.2) is 20.4 Å². The molecule has 28 heavy (non-hydrogen) atoms. The largest absolute Gasteiger partial charge is 0.349 e. The first-order valence-corrected chi connectivity index (χ1v) is 11.4. The highest BCUT2D eigenvalue weighted by Gasteiger charge is 2.19. The molecule has 0 radical (unpaired) electrons. The number of amides is 1. The molecular weight excluding hydrogens is 396 g/mol. The second kappa shape index (κ2) is 9.07. The highest BCUT2D eigenvalue weighted by Crippen LogP contribution is 2.23. The summed E-state index contributed by atoms with van der Waals surface area (Å²) in [7, 11) is -3.70. The van der Waals surface area contributed by atoms with Gasteiger partial charge < -0.3 is 5.32 Å². The second-order valence-electron chi connectivity index (χ2n) is 7.20. The van der Waals surface area contributed by atoms with Gasteiger partial charge in [0.15, 0.2) is 0 Å². The van der Waals surface area contributed by atoms with Crippen molar-refractivity contribution in [3.8, 4) is 0 Å². The lowest BCUT2D eigenvalue weighted by atomic mass is 9.95. The quantitative estimate of drug-likeness (QED) is 0.735. The van der Waals surface area contributed by atoms with Crippen molar-refractivity contribution in [1.82, 2.24) is 10.0 Å². The molecule has 0 aromatic heterocycles. The van der Waals surface area contributed by atoms with Gasteiger partial charge in [-0.3, -0.25) is 4.79 Å². The van der Waals surface area contributed by atoms with Crippen molar-refractivity contribution in [3.63, 3.8) is 0 Å². The second-order valence-corrected chi connectivity index (χ2v) is 9.34. The molecule has 0 atom stereocenters. The minimum Gasteiger partial charge on any atom is -0.349 e. The van der Waals surface area contributed by atoms with Gasteiger partial charge in [-0.05, 0) is 55.2 Å². The van der Waals surface area contributed by atoms with Crippen LogP contribution in [0.3, 0.4) is 0 Å². The van der Waals surface area contributed by atoms with E-state index >= 15 is 0 Å². The maximum Gasteiger partial charge on any atom is 0.251 e. The van der Waals surface area contributed by atoms with Crippen LogP contribution in [0.2, 0.25) is 5.02 Å². The molecule has 0 spiro atoms. The third-order valence-electron chi connectivity index (χ3n) is 5.10. The SMILES string of the molecule is Cc1c(Cl)cccc1S(=O)(=O)NCc1cccc(C(=O)NC2CCCCC2)c1. The molecule has 1 saturated carbocycles. The highest BCUT2D eigenvalue weighted by molar-refractivity contribution is 7.89. The Hall–Kier alpha value is -1.89. The Morgan fingerprint density at radius 3 is 2.57 bits per heavy atom. The molecule has 2 aromatic carbocycles. The Bertz CT molecular complexity index is 954. The van der Waals surface area contributed by atoms with Gasteiger partial charge in [-0.2, -0.15) is 0 Å². The standard InChI is InChI=1S/C21H25ClN2O3S/c1-15-19(22)11-6-12-20(15)28(26,27)23-14-16-7-5-8-17(13-16)21(25)24-18-9-3-2-4-10-18/h5-8,11-13,18,23H,2-4,9-10,14H2,1H3,(H,24,25). The fraction of sp³-hybridized carbons (Fsp3) is 0.381. The minimum atomic E-state index is -3.70. The summed E-state index contributed by atoms with van der Waals surface area (Å²) in [6.45, 7) is 1.77. The van der Waals surface area contributed by atoms with Crippen LogP contribution in [0.15, 0.2) is 47.4 Å². The molecule has 2 N–H and O–H groups in total. The summed E-state index contributed by atoms with van der Waals surface area (Å²) in [5.41, 5.74) is 1.78. The molecular formula is C21H25ClN2O3S. The van der Waals surface area contributed by atoms with Gasteiger partial charge in [0.25, 0.3) is 5.91 Å². The van der Waals surface area contributed by atoms with Crippen molar-refractivity contribution in [2.75, 3.05) is 0 Å². The van der Waals surface area contributed by atoms with Crippen molar-refractivity contribution < 1.29 is 13.2 Å². The predicted molar refractivity (Wildman–Crippen MR) is 111 cm³/mol. The highest BCUT2D eigenvalue weighted by atomic mass is 35.5. The van der Waals surface area contributed by atoms with E-state index in [1.807, 2.05) is 0 Å². The Morgan fingerprint density at radius 2 is 1.82 bits per heavy atom. The molecule has 0 aliphatic heterocycles. The van der Waals surface area contributed by atoms with E-state index in [-0.39, 0.29) is 23.4 Å². The normalized spacial score (nSPS) is 15.4. The number of rotatable bonds is 6. The minimum absolute atomic E-state index is 0.0961. The van der Waals surface area contributed by atoms with Crippen LogP contribution in [-0.2, 0) is 16.6 Å². The summed E-state index contributed by atoms with van der Waals surface area (Å²) in [5, 5.41) is 3.49. The fourth-order valence-electron chi connectivity index (χ4n) is 3.47. The number of halogens is 1. The molecule has 7 heteroatoms. The Kier molecular flexibility index (Phi) is 6.75. The van der Waals surface area contributed by atoms with E-state index < -0.39 is 10.0 Å². The fourth-order valence-corrected chi connectivity index (χ4v) is 4.99. The zero-order valence-electron chi connectivity index (χ0n) is 15.9. The zero-order valence-corrected chi connectivity index (χ0v) is 17.4. The Morgan fingerprint density at radius 1 is 1.11 bits per heavy atom. The average molecular weight is 421 g/mol. The molecule has 0 saturated heterocycles. The molecule has 5 nitrogen and oxygen atoms in total. The van der Waals surface area contributed by atoms with Crippen LogP contribution in [0.5, 0.6) is 0 Å². The van der Waals surface area contributed by atoms with Crippen LogP contribution in [0.25, 0.3) is 0 Å². The molecule has 1 aliphatic rings. The first-order chi connectivity index (χ1) is 13.4. The average Bonchev–Trinajstić information content (AvgIpc) is 2.69. The molecule has 150 valence electrons. The third-order valence-corrected chi connectivity index (χ3v) is 7.06. The van der Waals surface area contributed by atoms with Crippen molar-refractivity contribution in [2.24, 2.45) is 0 Å². The van der Waals surface area contributed by atoms with E-state index in [2.05, 4.69) is 10.0 Å². The maximum absolute atomic E-state index is 12.6. The molecule has 0 heterocycles. The maximum atomic E-state index is 12.6. The molecule has 1 amide bonds. The summed E-state index contributed by atoms with van der Waals surface area (Å²) in [6, 6.07) is 12.1. The summed E-state index contributed by atoms with van der Waals surface area (Å²) in [6.07, 6.45) is 5.56. The lowest BCUT2D eigenvalue weighted by molar-refractivity contribution is 0.0927. The van der Waals surface area contributed by atoms with E-state index in [1.165, 1.54) is 12.5 Å². The van der Waals surface area contributed by atoms with Crippen LogP contribution in [0.1, 0.15) is 53.6 Å². The van der Waals surface area contributed by atoms with Gasteiger partial charge in [-0.1, -0.05) is 49.1 Å². The molecule has 0 unspecified atom stereocenters. The molecule has 2 aromatic rings. The van der Waals surface area contributed by atoms with Crippen molar-refractivity contribution in [1.29, 1.82) is 0 Å². The monoisotopic (exact) mass is 420 g/mol. The van der Waals surface area contributed by atoms with Gasteiger partial charge in [0.2, 0.25) is 10.0 Å². The Labute approximate surface area is 171 Å². The number of hydrogen-bond donors (Lipinski definition) is 2. The number of nitrogens with one attached hydrogen (secondary N) is 2. The van der Waals surface area contributed by atoms with E-state index in [9.17, 15) is 13.2 Å². The first-order valence-electron chi connectivity index (χ1n) is 9.51. The lowest BCUT2D eigenvalue weighted by Crippen LogP contribution is -2.36. The smallest absolute Gasteiger partial charge is 0.251 e. The van der Waals surface area contributed by atoms with Crippen molar-refractivity contribution in [3.05, 3.63) is 64.2 Å². The molecule has 1 fully saturated rings. The van der Waals surface area contributed by atoms with E-state index in [1.54, 1.807) is 43.3 Å².